The minimum atomic E-state index is -0.500. The first kappa shape index (κ1) is 10.1. The van der Waals surface area contributed by atoms with E-state index >= 15 is 0 Å². The molecule has 0 radical (unpaired) electrons. The Hall–Kier alpha value is -1.03. The number of carbonyl (C=O) groups excluding carboxylic acids is 1. The van der Waals surface area contributed by atoms with Crippen LogP contribution in [0.25, 0.3) is 0 Å². The molecule has 0 spiro atoms. The molecule has 0 aliphatic heterocycles. The number of alkyl carbamates (subject to hydrolysis) is 1. The molecule has 4 nitrogen and oxygen atoms in total. The monoisotopic (exact) mass is 185 g/mol. The SMILES string of the molecule is C=CCOC(=O)NCC(O)C1CC1. The van der Waals surface area contributed by atoms with Crippen LogP contribution < -0.4 is 5.32 Å². The molecule has 0 heterocycles. The van der Waals surface area contributed by atoms with Crippen molar-refractivity contribution >= 4 is 6.09 Å². The lowest BCUT2D eigenvalue weighted by molar-refractivity contribution is 0.128. The lowest BCUT2D eigenvalue weighted by atomic mass is 10.2. The molecule has 74 valence electrons. The van der Waals surface area contributed by atoms with E-state index in [1.54, 1.807) is 0 Å². The van der Waals surface area contributed by atoms with Gasteiger partial charge in [0.2, 0.25) is 0 Å². The Morgan fingerprint density at radius 1 is 1.77 bits per heavy atom. The molecular formula is C9H15NO3. The van der Waals surface area contributed by atoms with E-state index in [1.807, 2.05) is 0 Å². The highest BCUT2D eigenvalue weighted by molar-refractivity contribution is 5.67. The molecule has 0 aromatic carbocycles. The fraction of sp³-hybridized carbons (Fsp3) is 0.667. The lowest BCUT2D eigenvalue weighted by Gasteiger charge is -2.09. The summed E-state index contributed by atoms with van der Waals surface area (Å²) in [5.41, 5.74) is 0. The van der Waals surface area contributed by atoms with Gasteiger partial charge in [-0.15, -0.1) is 0 Å². The standard InChI is InChI=1S/C9H15NO3/c1-2-5-13-9(12)10-6-8(11)7-3-4-7/h2,7-8,11H,1,3-6H2,(H,10,12). The van der Waals surface area contributed by atoms with Gasteiger partial charge in [-0.3, -0.25) is 0 Å². The quantitative estimate of drug-likeness (QED) is 0.619. The van der Waals surface area contributed by atoms with Crippen molar-refractivity contribution in [2.24, 2.45) is 5.92 Å². The molecule has 1 saturated carbocycles. The highest BCUT2D eigenvalue weighted by atomic mass is 16.5. The molecule has 1 rings (SSSR count). The summed E-state index contributed by atoms with van der Waals surface area (Å²) in [6.45, 7) is 3.89. The van der Waals surface area contributed by atoms with E-state index in [0.717, 1.165) is 12.8 Å². The number of rotatable bonds is 5. The van der Waals surface area contributed by atoms with Gasteiger partial charge in [-0.1, -0.05) is 12.7 Å². The molecule has 0 saturated heterocycles. The van der Waals surface area contributed by atoms with E-state index in [9.17, 15) is 9.90 Å². The highest BCUT2D eigenvalue weighted by Gasteiger charge is 2.29. The number of nitrogens with one attached hydrogen (secondary N) is 1. The van der Waals surface area contributed by atoms with Crippen LogP contribution in [0.1, 0.15) is 12.8 Å². The van der Waals surface area contributed by atoms with Gasteiger partial charge in [0.05, 0.1) is 6.10 Å². The summed E-state index contributed by atoms with van der Waals surface area (Å²) < 4.78 is 4.66. The van der Waals surface area contributed by atoms with E-state index in [-0.39, 0.29) is 13.2 Å². The molecular weight excluding hydrogens is 170 g/mol. The topological polar surface area (TPSA) is 58.6 Å². The second-order valence-electron chi connectivity index (χ2n) is 3.17. The first-order chi connectivity index (χ1) is 6.24. The predicted octanol–water partition coefficient (Wildman–Crippen LogP) is 0.669. The Kier molecular flexibility index (Phi) is 3.76. The summed E-state index contributed by atoms with van der Waals surface area (Å²) in [4.78, 5) is 10.9. The largest absolute Gasteiger partial charge is 0.445 e. The van der Waals surface area contributed by atoms with Crippen molar-refractivity contribution in [3.05, 3.63) is 12.7 Å². The van der Waals surface area contributed by atoms with Crippen LogP contribution in [0.2, 0.25) is 0 Å². The van der Waals surface area contributed by atoms with Crippen LogP contribution in [-0.4, -0.2) is 30.5 Å². The van der Waals surface area contributed by atoms with Crippen molar-refractivity contribution < 1.29 is 14.6 Å². The molecule has 1 atom stereocenters. The Morgan fingerprint density at radius 3 is 3.00 bits per heavy atom. The molecule has 2 N–H and O–H groups in total. The average molecular weight is 185 g/mol. The van der Waals surface area contributed by atoms with Crippen LogP contribution in [0, 0.1) is 5.92 Å². The minimum Gasteiger partial charge on any atom is -0.445 e. The molecule has 1 unspecified atom stereocenters. The van der Waals surface area contributed by atoms with E-state index in [2.05, 4.69) is 16.6 Å². The van der Waals surface area contributed by atoms with Crippen LogP contribution in [-0.2, 0) is 4.74 Å². The van der Waals surface area contributed by atoms with Crippen molar-refractivity contribution in [3.63, 3.8) is 0 Å². The zero-order chi connectivity index (χ0) is 9.68. The average Bonchev–Trinajstić information content (AvgIpc) is 2.93. The normalized spacial score (nSPS) is 17.6. The molecule has 1 aliphatic rings. The molecule has 13 heavy (non-hydrogen) atoms. The van der Waals surface area contributed by atoms with Crippen LogP contribution in [0.4, 0.5) is 4.79 Å². The predicted molar refractivity (Wildman–Crippen MR) is 48.3 cm³/mol. The van der Waals surface area contributed by atoms with Crippen LogP contribution in [0.15, 0.2) is 12.7 Å². The van der Waals surface area contributed by atoms with Gasteiger partial charge in [-0.2, -0.15) is 0 Å². The third-order valence-electron chi connectivity index (χ3n) is 1.95. The van der Waals surface area contributed by atoms with Crippen LogP contribution in [0.5, 0.6) is 0 Å². The van der Waals surface area contributed by atoms with Gasteiger partial charge in [0.25, 0.3) is 0 Å². The number of amides is 1. The Bertz CT molecular complexity index is 189. The summed E-state index contributed by atoms with van der Waals surface area (Å²) in [6.07, 6.45) is 2.70. The molecule has 0 bridgehead atoms. The maximum Gasteiger partial charge on any atom is 0.407 e. The number of ether oxygens (including phenoxy) is 1. The second kappa shape index (κ2) is 4.87. The molecule has 1 fully saturated rings. The minimum absolute atomic E-state index is 0.200. The third kappa shape index (κ3) is 3.94. The van der Waals surface area contributed by atoms with E-state index in [0.29, 0.717) is 5.92 Å². The summed E-state index contributed by atoms with van der Waals surface area (Å²) in [5.74, 6) is 0.375. The van der Waals surface area contributed by atoms with Gasteiger partial charge in [-0.25, -0.2) is 4.79 Å². The molecule has 0 aromatic rings. The summed E-state index contributed by atoms with van der Waals surface area (Å²) in [6, 6.07) is 0. The fourth-order valence-corrected chi connectivity index (χ4v) is 1.02. The number of carbonyl (C=O) groups is 1. The van der Waals surface area contributed by atoms with Crippen LogP contribution >= 0.6 is 0 Å². The highest BCUT2D eigenvalue weighted by Crippen LogP contribution is 2.32. The van der Waals surface area contributed by atoms with Gasteiger partial charge in [0.15, 0.2) is 0 Å². The van der Waals surface area contributed by atoms with Gasteiger partial charge in [0, 0.05) is 6.54 Å². The lowest BCUT2D eigenvalue weighted by Crippen LogP contribution is -2.33. The van der Waals surface area contributed by atoms with Crippen molar-refractivity contribution in [1.29, 1.82) is 0 Å². The summed E-state index contributed by atoms with van der Waals surface area (Å²) in [7, 11) is 0. The van der Waals surface area contributed by atoms with Crippen molar-refractivity contribution in [2.45, 2.75) is 18.9 Å². The zero-order valence-corrected chi connectivity index (χ0v) is 7.53. The molecule has 1 amide bonds. The number of hydrogen-bond acceptors (Lipinski definition) is 3. The smallest absolute Gasteiger partial charge is 0.407 e. The number of hydrogen-bond donors (Lipinski definition) is 2. The number of aliphatic hydroxyl groups is 1. The van der Waals surface area contributed by atoms with Crippen LogP contribution in [0.3, 0.4) is 0 Å². The van der Waals surface area contributed by atoms with Gasteiger partial charge >= 0.3 is 6.09 Å². The molecule has 1 aliphatic carbocycles. The Labute approximate surface area is 77.6 Å². The molecule has 0 aromatic heterocycles. The van der Waals surface area contributed by atoms with Crippen molar-refractivity contribution in [3.8, 4) is 0 Å². The van der Waals surface area contributed by atoms with Gasteiger partial charge < -0.3 is 15.2 Å². The maximum atomic E-state index is 10.9. The van der Waals surface area contributed by atoms with E-state index in [1.165, 1.54) is 6.08 Å². The van der Waals surface area contributed by atoms with Gasteiger partial charge in [0.1, 0.15) is 6.61 Å². The summed E-state index contributed by atoms with van der Waals surface area (Å²) in [5, 5.41) is 11.9. The first-order valence-electron chi connectivity index (χ1n) is 4.43. The molecule has 4 heteroatoms. The second-order valence-corrected chi connectivity index (χ2v) is 3.17. The Morgan fingerprint density at radius 2 is 2.46 bits per heavy atom. The zero-order valence-electron chi connectivity index (χ0n) is 7.53. The van der Waals surface area contributed by atoms with Crippen molar-refractivity contribution in [2.75, 3.05) is 13.2 Å². The Balaban J connectivity index is 2.03. The maximum absolute atomic E-state index is 10.9. The van der Waals surface area contributed by atoms with E-state index < -0.39 is 12.2 Å². The van der Waals surface area contributed by atoms with Crippen molar-refractivity contribution in [1.82, 2.24) is 5.32 Å². The van der Waals surface area contributed by atoms with E-state index in [4.69, 9.17) is 0 Å². The van der Waals surface area contributed by atoms with Gasteiger partial charge in [-0.05, 0) is 18.8 Å². The third-order valence-corrected chi connectivity index (χ3v) is 1.95. The number of aliphatic hydroxyl groups excluding tert-OH is 1. The fourth-order valence-electron chi connectivity index (χ4n) is 1.02. The summed E-state index contributed by atoms with van der Waals surface area (Å²) >= 11 is 0. The first-order valence-corrected chi connectivity index (χ1v) is 4.43.